The number of aromatic hydroxyl groups is 1. The molecule has 0 aliphatic heterocycles. The second-order valence-electron chi connectivity index (χ2n) is 6.10. The van der Waals surface area contributed by atoms with E-state index in [1.807, 2.05) is 36.4 Å². The van der Waals surface area contributed by atoms with Gasteiger partial charge in [0, 0.05) is 0 Å². The molecule has 0 radical (unpaired) electrons. The van der Waals surface area contributed by atoms with Gasteiger partial charge in [-0.25, -0.2) is 0 Å². The summed E-state index contributed by atoms with van der Waals surface area (Å²) in [6.07, 6.45) is 3.89. The molecule has 124 valence electrons. The highest BCUT2D eigenvalue weighted by atomic mass is 16.5. The van der Waals surface area contributed by atoms with Crippen LogP contribution in [0.3, 0.4) is 0 Å². The van der Waals surface area contributed by atoms with E-state index in [-0.39, 0.29) is 0 Å². The zero-order valence-electron chi connectivity index (χ0n) is 14.2. The van der Waals surface area contributed by atoms with Crippen molar-refractivity contribution in [2.45, 2.75) is 25.7 Å². The predicted molar refractivity (Wildman–Crippen MR) is 95.2 cm³/mol. The van der Waals surface area contributed by atoms with Gasteiger partial charge in [-0.2, -0.15) is 0 Å². The van der Waals surface area contributed by atoms with Gasteiger partial charge < -0.3 is 14.7 Å². The molecule has 0 atom stereocenters. The third-order valence-electron chi connectivity index (χ3n) is 3.89. The maximum absolute atomic E-state index is 9.87. The molecule has 2 aromatic carbocycles. The number of ether oxygens (including phenoxy) is 1. The quantitative estimate of drug-likeness (QED) is 0.713. The van der Waals surface area contributed by atoms with E-state index in [0.717, 1.165) is 50.1 Å². The van der Waals surface area contributed by atoms with Crippen molar-refractivity contribution in [1.29, 1.82) is 0 Å². The molecule has 3 nitrogen and oxygen atoms in total. The molecule has 3 heteroatoms. The molecule has 0 spiro atoms. The summed E-state index contributed by atoms with van der Waals surface area (Å²) in [6, 6.07) is 15.7. The molecule has 0 aromatic heterocycles. The molecule has 0 aliphatic carbocycles. The third-order valence-corrected chi connectivity index (χ3v) is 3.89. The Morgan fingerprint density at radius 2 is 1.52 bits per heavy atom. The van der Waals surface area contributed by atoms with E-state index in [1.165, 1.54) is 5.56 Å². The number of aryl methyl sites for hydroxylation is 2. The number of phenolic OH excluding ortho intramolecular Hbond substituents is 1. The smallest absolute Gasteiger partial charge is 0.122 e. The molecular formula is C20H27NO2. The zero-order valence-corrected chi connectivity index (χ0v) is 14.2. The first-order valence-electron chi connectivity index (χ1n) is 8.29. The second kappa shape index (κ2) is 9.21. The van der Waals surface area contributed by atoms with Crippen LogP contribution in [0.2, 0.25) is 0 Å². The summed E-state index contributed by atoms with van der Waals surface area (Å²) in [5, 5.41) is 9.87. The number of benzene rings is 2. The molecule has 1 N–H and O–H groups in total. The summed E-state index contributed by atoms with van der Waals surface area (Å²) in [6.45, 7) is 1.85. The Bertz CT molecular complexity index is 596. The Morgan fingerprint density at radius 3 is 2.26 bits per heavy atom. The van der Waals surface area contributed by atoms with Crippen LogP contribution in [0.25, 0.3) is 0 Å². The molecular weight excluding hydrogens is 286 g/mol. The van der Waals surface area contributed by atoms with Crippen molar-refractivity contribution in [2.75, 3.05) is 27.2 Å². The Morgan fingerprint density at radius 1 is 0.870 bits per heavy atom. The first kappa shape index (κ1) is 17.4. The SMILES string of the molecule is CN(C)CCCCOc1ccccc1CCc1ccccc1O. The van der Waals surface area contributed by atoms with E-state index in [4.69, 9.17) is 4.74 Å². The van der Waals surface area contributed by atoms with Crippen LogP contribution in [0, 0.1) is 0 Å². The van der Waals surface area contributed by atoms with Gasteiger partial charge in [0.15, 0.2) is 0 Å². The van der Waals surface area contributed by atoms with Gasteiger partial charge >= 0.3 is 0 Å². The Balaban J connectivity index is 1.86. The lowest BCUT2D eigenvalue weighted by Crippen LogP contribution is -2.13. The minimum absolute atomic E-state index is 0.370. The van der Waals surface area contributed by atoms with Gasteiger partial charge in [0.2, 0.25) is 0 Å². The van der Waals surface area contributed by atoms with Gasteiger partial charge in [-0.15, -0.1) is 0 Å². The molecule has 0 unspecified atom stereocenters. The van der Waals surface area contributed by atoms with Gasteiger partial charge in [-0.05, 0) is 69.6 Å². The molecule has 0 saturated carbocycles. The van der Waals surface area contributed by atoms with E-state index in [0.29, 0.717) is 5.75 Å². The third kappa shape index (κ3) is 5.95. The van der Waals surface area contributed by atoms with Crippen molar-refractivity contribution < 1.29 is 9.84 Å². The molecule has 0 saturated heterocycles. The Kier molecular flexibility index (Phi) is 6.95. The number of nitrogens with zero attached hydrogens (tertiary/aromatic N) is 1. The highest BCUT2D eigenvalue weighted by molar-refractivity contribution is 5.36. The van der Waals surface area contributed by atoms with Crippen molar-refractivity contribution in [3.8, 4) is 11.5 Å². The minimum atomic E-state index is 0.370. The van der Waals surface area contributed by atoms with Gasteiger partial charge in [0.05, 0.1) is 6.61 Å². The number of phenols is 1. The normalized spacial score (nSPS) is 10.9. The number of para-hydroxylation sites is 2. The zero-order chi connectivity index (χ0) is 16.5. The van der Waals surface area contributed by atoms with Crippen LogP contribution in [-0.4, -0.2) is 37.3 Å². The van der Waals surface area contributed by atoms with Crippen LogP contribution in [-0.2, 0) is 12.8 Å². The van der Waals surface area contributed by atoms with Crippen molar-refractivity contribution in [3.63, 3.8) is 0 Å². The molecule has 2 aromatic rings. The van der Waals surface area contributed by atoms with Crippen LogP contribution in [0.4, 0.5) is 0 Å². The summed E-state index contributed by atoms with van der Waals surface area (Å²) in [5.41, 5.74) is 2.18. The van der Waals surface area contributed by atoms with Crippen LogP contribution >= 0.6 is 0 Å². The molecule has 0 amide bonds. The molecule has 23 heavy (non-hydrogen) atoms. The molecule has 2 rings (SSSR count). The molecule has 0 aliphatic rings. The van der Waals surface area contributed by atoms with Crippen LogP contribution in [0.15, 0.2) is 48.5 Å². The largest absolute Gasteiger partial charge is 0.508 e. The maximum Gasteiger partial charge on any atom is 0.122 e. The lowest BCUT2D eigenvalue weighted by molar-refractivity contribution is 0.290. The highest BCUT2D eigenvalue weighted by Crippen LogP contribution is 2.23. The fourth-order valence-electron chi connectivity index (χ4n) is 2.55. The fourth-order valence-corrected chi connectivity index (χ4v) is 2.55. The monoisotopic (exact) mass is 313 g/mol. The summed E-state index contributed by atoms with van der Waals surface area (Å²) >= 11 is 0. The summed E-state index contributed by atoms with van der Waals surface area (Å²) in [4.78, 5) is 2.19. The number of hydrogen-bond acceptors (Lipinski definition) is 3. The number of hydrogen-bond donors (Lipinski definition) is 1. The van der Waals surface area contributed by atoms with Crippen molar-refractivity contribution in [2.24, 2.45) is 0 Å². The maximum atomic E-state index is 9.87. The first-order valence-corrected chi connectivity index (χ1v) is 8.29. The fraction of sp³-hybridized carbons (Fsp3) is 0.400. The first-order chi connectivity index (χ1) is 11.2. The van der Waals surface area contributed by atoms with E-state index >= 15 is 0 Å². The standard InChI is InChI=1S/C20H27NO2/c1-21(2)15-7-8-16-23-20-12-6-4-10-18(20)14-13-17-9-3-5-11-19(17)22/h3-6,9-12,22H,7-8,13-16H2,1-2H3. The summed E-state index contributed by atoms with van der Waals surface area (Å²) in [5.74, 6) is 1.34. The lowest BCUT2D eigenvalue weighted by Gasteiger charge is -2.13. The van der Waals surface area contributed by atoms with E-state index in [9.17, 15) is 5.11 Å². The number of rotatable bonds is 9. The van der Waals surface area contributed by atoms with Crippen molar-refractivity contribution in [1.82, 2.24) is 4.90 Å². The van der Waals surface area contributed by atoms with Gasteiger partial charge in [0.1, 0.15) is 11.5 Å². The molecule has 0 fully saturated rings. The van der Waals surface area contributed by atoms with Crippen molar-refractivity contribution >= 4 is 0 Å². The van der Waals surface area contributed by atoms with Crippen LogP contribution < -0.4 is 4.74 Å². The van der Waals surface area contributed by atoms with Gasteiger partial charge in [-0.1, -0.05) is 36.4 Å². The lowest BCUT2D eigenvalue weighted by atomic mass is 10.0. The predicted octanol–water partition coefficient (Wildman–Crippen LogP) is 3.90. The van der Waals surface area contributed by atoms with E-state index in [2.05, 4.69) is 25.1 Å². The van der Waals surface area contributed by atoms with Gasteiger partial charge in [-0.3, -0.25) is 0 Å². The Labute approximate surface area is 139 Å². The minimum Gasteiger partial charge on any atom is -0.508 e. The Hall–Kier alpha value is -2.00. The van der Waals surface area contributed by atoms with Crippen LogP contribution in [0.1, 0.15) is 24.0 Å². The van der Waals surface area contributed by atoms with Crippen LogP contribution in [0.5, 0.6) is 11.5 Å². The molecule has 0 heterocycles. The molecule has 0 bridgehead atoms. The van der Waals surface area contributed by atoms with Crippen molar-refractivity contribution in [3.05, 3.63) is 59.7 Å². The topological polar surface area (TPSA) is 32.7 Å². The highest BCUT2D eigenvalue weighted by Gasteiger charge is 2.06. The average molecular weight is 313 g/mol. The van der Waals surface area contributed by atoms with Gasteiger partial charge in [0.25, 0.3) is 0 Å². The summed E-state index contributed by atoms with van der Waals surface area (Å²) < 4.78 is 5.96. The van der Waals surface area contributed by atoms with E-state index < -0.39 is 0 Å². The second-order valence-corrected chi connectivity index (χ2v) is 6.10. The number of unbranched alkanes of at least 4 members (excludes halogenated alkanes) is 1. The van der Waals surface area contributed by atoms with E-state index in [1.54, 1.807) is 6.07 Å². The summed E-state index contributed by atoms with van der Waals surface area (Å²) in [7, 11) is 4.18. The average Bonchev–Trinajstić information content (AvgIpc) is 2.54.